The molecule has 0 N–H and O–H groups in total. The summed E-state index contributed by atoms with van der Waals surface area (Å²) in [6, 6.07) is 45.5. The van der Waals surface area contributed by atoms with Crippen LogP contribution in [-0.2, 0) is 0 Å². The molecule has 0 radical (unpaired) electrons. The molecule has 0 bridgehead atoms. The Kier molecular flexibility index (Phi) is 4.33. The first-order chi connectivity index (χ1) is 19.3. The van der Waals surface area contributed by atoms with Crippen LogP contribution in [0, 0.1) is 0 Å². The zero-order valence-corrected chi connectivity index (χ0v) is 21.8. The molecule has 2 heterocycles. The summed E-state index contributed by atoms with van der Waals surface area (Å²) in [7, 11) is -0.818. The van der Waals surface area contributed by atoms with Crippen LogP contribution < -0.4 is 25.4 Å². The van der Waals surface area contributed by atoms with Crippen molar-refractivity contribution in [1.29, 1.82) is 0 Å². The lowest BCUT2D eigenvalue weighted by Gasteiger charge is -2.35. The Morgan fingerprint density at radius 3 is 1.97 bits per heavy atom. The van der Waals surface area contributed by atoms with Gasteiger partial charge in [0.15, 0.2) is 0 Å². The van der Waals surface area contributed by atoms with Crippen LogP contribution in [0.5, 0.6) is 23.0 Å². The molecule has 0 saturated carbocycles. The van der Waals surface area contributed by atoms with Gasteiger partial charge in [-0.25, -0.2) is 0 Å². The minimum Gasteiger partial charge on any atom is -0.456 e. The fourth-order valence-corrected chi connectivity index (χ4v) is 8.82. The van der Waals surface area contributed by atoms with Gasteiger partial charge in [0.25, 0.3) is 0 Å². The number of rotatable bonds is 1. The second kappa shape index (κ2) is 7.93. The zero-order valence-electron chi connectivity index (χ0n) is 20.9. The highest BCUT2D eigenvalue weighted by molar-refractivity contribution is 7.80. The van der Waals surface area contributed by atoms with E-state index in [0.29, 0.717) is 0 Å². The van der Waals surface area contributed by atoms with Gasteiger partial charge in [0.2, 0.25) is 0 Å². The van der Waals surface area contributed by atoms with Gasteiger partial charge in [0.1, 0.15) is 23.0 Å². The van der Waals surface area contributed by atoms with Gasteiger partial charge < -0.3 is 9.47 Å². The molecule has 2 nitrogen and oxygen atoms in total. The molecule has 7 aromatic carbocycles. The van der Waals surface area contributed by atoms with E-state index in [1.54, 1.807) is 0 Å². The van der Waals surface area contributed by atoms with Crippen LogP contribution >= 0.6 is 7.92 Å². The first kappa shape index (κ1) is 21.3. The normalized spacial score (nSPS) is 14.8. The van der Waals surface area contributed by atoms with Crippen molar-refractivity contribution in [3.63, 3.8) is 0 Å². The van der Waals surface area contributed by atoms with Crippen molar-refractivity contribution in [2.45, 2.75) is 0 Å². The van der Waals surface area contributed by atoms with Gasteiger partial charge in [-0.2, -0.15) is 0 Å². The van der Waals surface area contributed by atoms with E-state index < -0.39 is 7.92 Å². The third kappa shape index (κ3) is 3.01. The first-order valence-corrected chi connectivity index (χ1v) is 14.5. The molecule has 0 aromatic heterocycles. The van der Waals surface area contributed by atoms with Crippen LogP contribution in [0.3, 0.4) is 0 Å². The molecule has 182 valence electrons. The second-order valence-corrected chi connectivity index (χ2v) is 12.2. The maximum Gasteiger partial charge on any atom is 0.143 e. The molecular formula is C36H21O2P. The second-order valence-electron chi connectivity index (χ2n) is 10.2. The van der Waals surface area contributed by atoms with Crippen molar-refractivity contribution in [1.82, 2.24) is 0 Å². The first-order valence-electron chi connectivity index (χ1n) is 13.2. The lowest BCUT2D eigenvalue weighted by molar-refractivity contribution is 0.469. The lowest BCUT2D eigenvalue weighted by atomic mass is 9.93. The minimum absolute atomic E-state index is 0.818. The van der Waals surface area contributed by atoms with Gasteiger partial charge in [-0.3, -0.25) is 0 Å². The minimum atomic E-state index is -0.818. The van der Waals surface area contributed by atoms with Gasteiger partial charge >= 0.3 is 0 Å². The molecule has 2 aliphatic rings. The molecule has 1 unspecified atom stereocenters. The Morgan fingerprint density at radius 1 is 0.436 bits per heavy atom. The predicted octanol–water partition coefficient (Wildman–Crippen LogP) is 8.78. The van der Waals surface area contributed by atoms with Crippen LogP contribution in [0.2, 0.25) is 0 Å². The summed E-state index contributed by atoms with van der Waals surface area (Å²) < 4.78 is 13.5. The van der Waals surface area contributed by atoms with E-state index >= 15 is 0 Å². The maximum absolute atomic E-state index is 6.85. The summed E-state index contributed by atoms with van der Waals surface area (Å²) in [6.45, 7) is 0. The lowest BCUT2D eigenvalue weighted by Crippen LogP contribution is -2.32. The molecule has 0 spiro atoms. The Morgan fingerprint density at radius 2 is 1.10 bits per heavy atom. The molecule has 0 aliphatic carbocycles. The van der Waals surface area contributed by atoms with Crippen LogP contribution in [-0.4, -0.2) is 0 Å². The van der Waals surface area contributed by atoms with Crippen molar-refractivity contribution in [2.75, 3.05) is 0 Å². The van der Waals surface area contributed by atoms with Crippen molar-refractivity contribution < 1.29 is 9.47 Å². The summed E-state index contributed by atoms with van der Waals surface area (Å²) in [4.78, 5) is 0. The quantitative estimate of drug-likeness (QED) is 0.160. The van der Waals surface area contributed by atoms with Crippen LogP contribution in [0.4, 0.5) is 0 Å². The number of para-hydroxylation sites is 1. The molecule has 0 saturated heterocycles. The Hall–Kier alpha value is -4.65. The van der Waals surface area contributed by atoms with Crippen molar-refractivity contribution in [3.8, 4) is 34.1 Å². The molecule has 1 atom stereocenters. The van der Waals surface area contributed by atoms with Crippen molar-refractivity contribution >= 4 is 56.2 Å². The van der Waals surface area contributed by atoms with Gasteiger partial charge in [-0.1, -0.05) is 97.1 Å². The fraction of sp³-hybridized carbons (Fsp3) is 0. The largest absolute Gasteiger partial charge is 0.456 e. The smallest absolute Gasteiger partial charge is 0.143 e. The standard InChI is InChI=1S/C36H21O2P/c1-4-12-26-22(9-1)17-18-34-35(26)38-32-21-24(20-31-36(32)39(34)33-16-8-7-15-30(33)37-31)29-19-23-10-2-3-11-25(23)27-13-5-6-14-28(27)29/h1-21H. The Labute approximate surface area is 226 Å². The predicted molar refractivity (Wildman–Crippen MR) is 163 cm³/mol. The van der Waals surface area contributed by atoms with Gasteiger partial charge in [-0.15, -0.1) is 0 Å². The van der Waals surface area contributed by atoms with Crippen molar-refractivity contribution in [3.05, 3.63) is 127 Å². The molecule has 9 rings (SSSR count). The van der Waals surface area contributed by atoms with Gasteiger partial charge in [0.05, 0.1) is 5.30 Å². The number of benzene rings is 7. The monoisotopic (exact) mass is 516 g/mol. The molecule has 3 heteroatoms. The average molecular weight is 517 g/mol. The molecule has 0 fully saturated rings. The Bertz CT molecular complexity index is 2150. The summed E-state index contributed by atoms with van der Waals surface area (Å²) in [5.41, 5.74) is 2.28. The molecule has 7 aromatic rings. The summed E-state index contributed by atoms with van der Waals surface area (Å²) in [5, 5.41) is 11.0. The summed E-state index contributed by atoms with van der Waals surface area (Å²) >= 11 is 0. The molecule has 2 aliphatic heterocycles. The maximum atomic E-state index is 6.85. The molecular weight excluding hydrogens is 495 g/mol. The molecule has 39 heavy (non-hydrogen) atoms. The van der Waals surface area contributed by atoms with Crippen molar-refractivity contribution in [2.24, 2.45) is 0 Å². The summed E-state index contributed by atoms with van der Waals surface area (Å²) in [5.74, 6) is 3.69. The third-order valence-electron chi connectivity index (χ3n) is 7.98. The number of fused-ring (bicyclic) bond motifs is 9. The highest BCUT2D eigenvalue weighted by Crippen LogP contribution is 2.55. The van der Waals surface area contributed by atoms with E-state index in [0.717, 1.165) is 33.9 Å². The fourth-order valence-electron chi connectivity index (χ4n) is 6.25. The zero-order chi connectivity index (χ0) is 25.5. The Balaban J connectivity index is 1.35. The van der Waals surface area contributed by atoms with Crippen LogP contribution in [0.15, 0.2) is 127 Å². The summed E-state index contributed by atoms with van der Waals surface area (Å²) in [6.07, 6.45) is 0. The number of ether oxygens (including phenoxy) is 2. The van der Waals surface area contributed by atoms with E-state index in [2.05, 4.69) is 127 Å². The van der Waals surface area contributed by atoms with E-state index in [-0.39, 0.29) is 0 Å². The highest BCUT2D eigenvalue weighted by Gasteiger charge is 2.38. The van der Waals surface area contributed by atoms with E-state index in [9.17, 15) is 0 Å². The van der Waals surface area contributed by atoms with E-state index in [4.69, 9.17) is 9.47 Å². The number of hydrogen-bond donors (Lipinski definition) is 0. The van der Waals surface area contributed by atoms with E-state index in [1.165, 1.54) is 48.4 Å². The molecule has 0 amide bonds. The SMILES string of the molecule is c1ccc2c(c1)Oc1cc(-c3cc4ccccc4c4ccccc34)cc3c1P2c1ccc2ccccc2c1O3. The van der Waals surface area contributed by atoms with Gasteiger partial charge in [-0.05, 0) is 68.4 Å². The van der Waals surface area contributed by atoms with Crippen LogP contribution in [0.1, 0.15) is 0 Å². The highest BCUT2D eigenvalue weighted by atomic mass is 31.1. The average Bonchev–Trinajstić information content (AvgIpc) is 3.00. The van der Waals surface area contributed by atoms with E-state index in [1.807, 2.05) is 0 Å². The topological polar surface area (TPSA) is 18.5 Å². The number of hydrogen-bond acceptors (Lipinski definition) is 2. The van der Waals surface area contributed by atoms with Crippen LogP contribution in [0.25, 0.3) is 43.4 Å². The third-order valence-corrected chi connectivity index (χ3v) is 10.6. The van der Waals surface area contributed by atoms with Gasteiger partial charge in [0, 0.05) is 23.9 Å².